The Morgan fingerprint density at radius 3 is 2.60 bits per heavy atom. The Labute approximate surface area is 126 Å². The van der Waals surface area contributed by atoms with Gasteiger partial charge in [-0.1, -0.05) is 23.2 Å². The van der Waals surface area contributed by atoms with E-state index in [1.807, 2.05) is 0 Å². The molecule has 1 aliphatic heterocycles. The molecule has 0 atom stereocenters. The summed E-state index contributed by atoms with van der Waals surface area (Å²) in [7, 11) is 1.55. The van der Waals surface area contributed by atoms with E-state index in [0.717, 1.165) is 0 Å². The number of rotatable bonds is 3. The van der Waals surface area contributed by atoms with Crippen molar-refractivity contribution in [1.29, 1.82) is 0 Å². The van der Waals surface area contributed by atoms with E-state index in [4.69, 9.17) is 23.2 Å². The molecule has 5 nitrogen and oxygen atoms in total. The van der Waals surface area contributed by atoms with E-state index >= 15 is 0 Å². The molecule has 2 rings (SSSR count). The van der Waals surface area contributed by atoms with Gasteiger partial charge in [-0.3, -0.25) is 14.4 Å². The smallest absolute Gasteiger partial charge is 0.243 e. The highest BCUT2D eigenvalue weighted by molar-refractivity contribution is 6.36. The van der Waals surface area contributed by atoms with Crippen LogP contribution in [-0.2, 0) is 9.59 Å². The average molecular weight is 315 g/mol. The molecule has 1 aromatic carbocycles. The number of ketones is 1. The first-order valence-electron chi connectivity index (χ1n) is 5.88. The molecule has 20 heavy (non-hydrogen) atoms. The van der Waals surface area contributed by atoms with E-state index in [1.54, 1.807) is 13.1 Å². The van der Waals surface area contributed by atoms with Crippen molar-refractivity contribution in [3.8, 4) is 0 Å². The van der Waals surface area contributed by atoms with Crippen molar-refractivity contribution in [3.63, 3.8) is 0 Å². The number of hydrogen-bond donors (Lipinski definition) is 0. The number of Topliss-reactive ketones (excluding diaryl/α,β-unsaturated/α-hetero) is 1. The van der Waals surface area contributed by atoms with Gasteiger partial charge in [0, 0.05) is 17.6 Å². The van der Waals surface area contributed by atoms with Gasteiger partial charge in [-0.15, -0.1) is 0 Å². The van der Waals surface area contributed by atoms with Crippen LogP contribution in [-0.4, -0.2) is 54.1 Å². The average Bonchev–Trinajstić information content (AvgIpc) is 2.38. The molecule has 0 saturated carbocycles. The molecular formula is C13H12Cl2N2O3. The van der Waals surface area contributed by atoms with E-state index < -0.39 is 0 Å². The Balaban J connectivity index is 2.13. The van der Waals surface area contributed by atoms with Gasteiger partial charge < -0.3 is 9.80 Å². The molecule has 1 aromatic rings. The minimum atomic E-state index is -0.344. The van der Waals surface area contributed by atoms with Crippen LogP contribution in [0.2, 0.25) is 10.0 Å². The molecule has 0 spiro atoms. The summed E-state index contributed by atoms with van der Waals surface area (Å²) < 4.78 is 0. The molecule has 0 N–H and O–H groups in total. The van der Waals surface area contributed by atoms with Crippen molar-refractivity contribution in [2.45, 2.75) is 0 Å². The standard InChI is InChI=1S/C13H12Cl2N2O3/c1-16-6-13(20)17(7-12(16)19)5-11(18)9-4-8(14)2-3-10(9)15/h2-4H,5-7H2,1H3. The second-order valence-electron chi connectivity index (χ2n) is 4.55. The first-order valence-corrected chi connectivity index (χ1v) is 6.64. The van der Waals surface area contributed by atoms with Crippen molar-refractivity contribution < 1.29 is 14.4 Å². The van der Waals surface area contributed by atoms with Gasteiger partial charge in [-0.25, -0.2) is 0 Å². The predicted molar refractivity (Wildman–Crippen MR) is 75.0 cm³/mol. The highest BCUT2D eigenvalue weighted by Gasteiger charge is 2.29. The van der Waals surface area contributed by atoms with Crippen LogP contribution in [0.5, 0.6) is 0 Å². The Kier molecular flexibility index (Phi) is 4.30. The zero-order chi connectivity index (χ0) is 14.9. The Morgan fingerprint density at radius 2 is 1.90 bits per heavy atom. The third-order valence-electron chi connectivity index (χ3n) is 3.04. The number of amides is 2. The first kappa shape index (κ1) is 14.8. The maximum atomic E-state index is 12.2. The second-order valence-corrected chi connectivity index (χ2v) is 5.39. The summed E-state index contributed by atoms with van der Waals surface area (Å²) in [5.74, 6) is -0.809. The molecule has 0 bridgehead atoms. The lowest BCUT2D eigenvalue weighted by Gasteiger charge is -2.31. The molecular weight excluding hydrogens is 303 g/mol. The Hall–Kier alpha value is -1.59. The predicted octanol–water partition coefficient (Wildman–Crippen LogP) is 1.48. The van der Waals surface area contributed by atoms with Crippen LogP contribution < -0.4 is 0 Å². The van der Waals surface area contributed by atoms with Gasteiger partial charge in [-0.2, -0.15) is 0 Å². The van der Waals surface area contributed by atoms with Gasteiger partial charge in [-0.05, 0) is 18.2 Å². The van der Waals surface area contributed by atoms with E-state index in [0.29, 0.717) is 5.02 Å². The highest BCUT2D eigenvalue weighted by atomic mass is 35.5. The molecule has 2 amide bonds. The molecule has 106 valence electrons. The maximum absolute atomic E-state index is 12.2. The topological polar surface area (TPSA) is 57.7 Å². The third-order valence-corrected chi connectivity index (χ3v) is 3.60. The number of likely N-dealkylation sites (N-methyl/N-ethyl adjacent to an activating group) is 1. The number of benzene rings is 1. The van der Waals surface area contributed by atoms with Crippen LogP contribution in [0, 0.1) is 0 Å². The second kappa shape index (κ2) is 5.81. The summed E-state index contributed by atoms with van der Waals surface area (Å²) in [6.45, 7) is -0.298. The summed E-state index contributed by atoms with van der Waals surface area (Å²) >= 11 is 11.8. The summed E-state index contributed by atoms with van der Waals surface area (Å²) in [6.07, 6.45) is 0. The molecule has 0 unspecified atom stereocenters. The van der Waals surface area contributed by atoms with Gasteiger partial charge in [0.25, 0.3) is 0 Å². The molecule has 1 heterocycles. The Bertz CT molecular complexity index is 589. The number of halogens is 2. The van der Waals surface area contributed by atoms with E-state index in [1.165, 1.54) is 21.9 Å². The zero-order valence-corrected chi connectivity index (χ0v) is 12.2. The lowest BCUT2D eigenvalue weighted by molar-refractivity contribution is -0.148. The summed E-state index contributed by atoms with van der Waals surface area (Å²) in [5, 5.41) is 0.658. The van der Waals surface area contributed by atoms with Crippen LogP contribution in [0.15, 0.2) is 18.2 Å². The fourth-order valence-corrected chi connectivity index (χ4v) is 2.27. The van der Waals surface area contributed by atoms with E-state index in [2.05, 4.69) is 0 Å². The summed E-state index contributed by atoms with van der Waals surface area (Å²) in [4.78, 5) is 38.1. The summed E-state index contributed by atoms with van der Waals surface area (Å²) in [6, 6.07) is 4.55. The normalized spacial score (nSPS) is 15.8. The summed E-state index contributed by atoms with van der Waals surface area (Å²) in [5.41, 5.74) is 0.248. The van der Waals surface area contributed by atoms with Crippen LogP contribution in [0.4, 0.5) is 0 Å². The fraction of sp³-hybridized carbons (Fsp3) is 0.308. The fourth-order valence-electron chi connectivity index (χ4n) is 1.88. The molecule has 1 aliphatic rings. The van der Waals surface area contributed by atoms with Crippen molar-refractivity contribution in [2.24, 2.45) is 0 Å². The van der Waals surface area contributed by atoms with E-state index in [-0.39, 0.29) is 47.8 Å². The maximum Gasteiger partial charge on any atom is 0.243 e. The number of nitrogens with zero attached hydrogens (tertiary/aromatic N) is 2. The SMILES string of the molecule is CN1CC(=O)N(CC(=O)c2cc(Cl)ccc2Cl)CC1=O. The lowest BCUT2D eigenvalue weighted by atomic mass is 10.1. The van der Waals surface area contributed by atoms with Gasteiger partial charge in [0.15, 0.2) is 5.78 Å². The third kappa shape index (κ3) is 3.11. The number of hydrogen-bond acceptors (Lipinski definition) is 3. The van der Waals surface area contributed by atoms with Gasteiger partial charge in [0.1, 0.15) is 6.54 Å². The van der Waals surface area contributed by atoms with Crippen LogP contribution in [0.25, 0.3) is 0 Å². The molecule has 7 heteroatoms. The number of carbonyl (C=O) groups is 3. The molecule has 0 aromatic heterocycles. The van der Waals surface area contributed by atoms with Crippen LogP contribution >= 0.6 is 23.2 Å². The van der Waals surface area contributed by atoms with E-state index in [9.17, 15) is 14.4 Å². The molecule has 1 saturated heterocycles. The minimum absolute atomic E-state index is 0.0185. The van der Waals surface area contributed by atoms with Crippen molar-refractivity contribution in [3.05, 3.63) is 33.8 Å². The highest BCUT2D eigenvalue weighted by Crippen LogP contribution is 2.21. The van der Waals surface area contributed by atoms with Gasteiger partial charge in [0.05, 0.1) is 18.1 Å². The Morgan fingerprint density at radius 1 is 1.20 bits per heavy atom. The van der Waals surface area contributed by atoms with Gasteiger partial charge in [0.2, 0.25) is 11.8 Å². The lowest BCUT2D eigenvalue weighted by Crippen LogP contribution is -2.53. The number of carbonyl (C=O) groups excluding carboxylic acids is 3. The molecule has 0 radical (unpaired) electrons. The monoisotopic (exact) mass is 314 g/mol. The first-order chi connectivity index (χ1) is 9.38. The molecule has 0 aliphatic carbocycles. The number of piperazine rings is 1. The van der Waals surface area contributed by atoms with Crippen molar-refractivity contribution >= 4 is 40.8 Å². The quantitative estimate of drug-likeness (QED) is 0.794. The minimum Gasteiger partial charge on any atom is -0.335 e. The van der Waals surface area contributed by atoms with Crippen LogP contribution in [0.1, 0.15) is 10.4 Å². The van der Waals surface area contributed by atoms with Crippen LogP contribution in [0.3, 0.4) is 0 Å². The zero-order valence-electron chi connectivity index (χ0n) is 10.7. The van der Waals surface area contributed by atoms with Gasteiger partial charge >= 0.3 is 0 Å². The van der Waals surface area contributed by atoms with Crippen molar-refractivity contribution in [2.75, 3.05) is 26.7 Å². The van der Waals surface area contributed by atoms with Crippen molar-refractivity contribution in [1.82, 2.24) is 9.80 Å². The molecule has 1 fully saturated rings. The largest absolute Gasteiger partial charge is 0.335 e.